The zero-order chi connectivity index (χ0) is 17.8. The minimum Gasteiger partial charge on any atom is -0.494 e. The van der Waals surface area contributed by atoms with Gasteiger partial charge in [0.05, 0.1) is 12.8 Å². The van der Waals surface area contributed by atoms with Crippen LogP contribution in [0.25, 0.3) is 0 Å². The number of rotatable bonds is 4. The van der Waals surface area contributed by atoms with Crippen LogP contribution in [0.5, 0.6) is 5.75 Å². The molecular weight excluding hydrogens is 318 g/mol. The smallest absolute Gasteiger partial charge is 0.256 e. The van der Waals surface area contributed by atoms with Crippen molar-refractivity contribution in [3.63, 3.8) is 0 Å². The lowest BCUT2D eigenvalue weighted by molar-refractivity contribution is -0.114. The molecule has 6 heteroatoms. The van der Waals surface area contributed by atoms with Crippen molar-refractivity contribution in [3.05, 3.63) is 47.5 Å². The second-order valence-corrected chi connectivity index (χ2v) is 5.91. The Kier molecular flexibility index (Phi) is 4.88. The first kappa shape index (κ1) is 16.8. The molecule has 0 fully saturated rings. The van der Waals surface area contributed by atoms with Crippen LogP contribution in [-0.4, -0.2) is 25.5 Å². The molecule has 3 rings (SSSR count). The molecule has 0 unspecified atom stereocenters. The molecule has 1 aliphatic heterocycles. The summed E-state index contributed by atoms with van der Waals surface area (Å²) in [6.45, 7) is 2.36. The maximum absolute atomic E-state index is 12.7. The highest BCUT2D eigenvalue weighted by Gasteiger charge is 2.18. The first-order chi connectivity index (χ1) is 12.1. The molecule has 2 aromatic carbocycles. The van der Waals surface area contributed by atoms with Gasteiger partial charge in [0.2, 0.25) is 5.91 Å². The molecule has 0 aliphatic carbocycles. The van der Waals surface area contributed by atoms with E-state index in [0.717, 1.165) is 30.6 Å². The number of ether oxygens (including phenoxy) is 1. The number of carbonyl (C=O) groups excluding carboxylic acids is 2. The number of hydrogen-bond acceptors (Lipinski definition) is 4. The van der Waals surface area contributed by atoms with Gasteiger partial charge in [0.1, 0.15) is 5.75 Å². The summed E-state index contributed by atoms with van der Waals surface area (Å²) in [5, 5.41) is 8.92. The van der Waals surface area contributed by atoms with Gasteiger partial charge < -0.3 is 20.7 Å². The Morgan fingerprint density at radius 3 is 2.76 bits per heavy atom. The van der Waals surface area contributed by atoms with Crippen LogP contribution >= 0.6 is 0 Å². The van der Waals surface area contributed by atoms with Crippen LogP contribution in [0.3, 0.4) is 0 Å². The van der Waals surface area contributed by atoms with Crippen molar-refractivity contribution >= 4 is 28.9 Å². The summed E-state index contributed by atoms with van der Waals surface area (Å²) in [5.74, 6) is 0.151. The Balaban J connectivity index is 1.83. The van der Waals surface area contributed by atoms with E-state index in [1.165, 1.54) is 14.0 Å². The van der Waals surface area contributed by atoms with Gasteiger partial charge >= 0.3 is 0 Å². The minimum absolute atomic E-state index is 0.158. The lowest BCUT2D eigenvalue weighted by Gasteiger charge is -2.20. The van der Waals surface area contributed by atoms with Crippen molar-refractivity contribution in [2.24, 2.45) is 0 Å². The standard InChI is InChI=1S/C19H21N3O3/c1-12(23)21-17-9-8-13(11-18(17)25-2)22-19(24)15-5-3-7-16-14(15)6-4-10-20-16/h3,5,7-9,11,20H,4,6,10H2,1-2H3,(H,21,23)(H,22,24). The van der Waals surface area contributed by atoms with Crippen LogP contribution in [0.1, 0.15) is 29.3 Å². The molecule has 0 bridgehead atoms. The van der Waals surface area contributed by atoms with Crippen LogP contribution in [0, 0.1) is 0 Å². The number of anilines is 3. The third-order valence-corrected chi connectivity index (χ3v) is 4.11. The number of methoxy groups -OCH3 is 1. The topological polar surface area (TPSA) is 79.5 Å². The van der Waals surface area contributed by atoms with E-state index in [1.54, 1.807) is 18.2 Å². The fourth-order valence-corrected chi connectivity index (χ4v) is 2.98. The normalized spacial score (nSPS) is 12.6. The molecule has 0 saturated heterocycles. The summed E-state index contributed by atoms with van der Waals surface area (Å²) < 4.78 is 5.29. The SMILES string of the molecule is COc1cc(NC(=O)c2cccc3c2CCCN3)ccc1NC(C)=O. The van der Waals surface area contributed by atoms with Crippen molar-refractivity contribution < 1.29 is 14.3 Å². The molecule has 0 radical (unpaired) electrons. The Hall–Kier alpha value is -3.02. The highest BCUT2D eigenvalue weighted by Crippen LogP contribution is 2.29. The van der Waals surface area contributed by atoms with Crippen LogP contribution in [0.15, 0.2) is 36.4 Å². The first-order valence-corrected chi connectivity index (χ1v) is 8.21. The summed E-state index contributed by atoms with van der Waals surface area (Å²) >= 11 is 0. The Morgan fingerprint density at radius 1 is 1.16 bits per heavy atom. The van der Waals surface area contributed by atoms with Gasteiger partial charge in [0.25, 0.3) is 5.91 Å². The molecule has 1 heterocycles. The number of carbonyl (C=O) groups is 2. The van der Waals surface area contributed by atoms with E-state index in [1.807, 2.05) is 18.2 Å². The van der Waals surface area contributed by atoms with E-state index < -0.39 is 0 Å². The first-order valence-electron chi connectivity index (χ1n) is 8.21. The van der Waals surface area contributed by atoms with Gasteiger partial charge in [-0.1, -0.05) is 6.07 Å². The Labute approximate surface area is 146 Å². The molecule has 25 heavy (non-hydrogen) atoms. The van der Waals surface area contributed by atoms with Gasteiger partial charge in [0, 0.05) is 36.5 Å². The maximum Gasteiger partial charge on any atom is 0.256 e. The van der Waals surface area contributed by atoms with E-state index in [0.29, 0.717) is 22.7 Å². The molecule has 3 N–H and O–H groups in total. The van der Waals surface area contributed by atoms with E-state index in [4.69, 9.17) is 4.74 Å². The summed E-state index contributed by atoms with van der Waals surface area (Å²) in [4.78, 5) is 23.9. The summed E-state index contributed by atoms with van der Waals surface area (Å²) in [6, 6.07) is 10.8. The Morgan fingerprint density at radius 2 is 2.00 bits per heavy atom. The summed E-state index contributed by atoms with van der Waals surface area (Å²) in [7, 11) is 1.52. The van der Waals surface area contributed by atoms with E-state index in [9.17, 15) is 9.59 Å². The van der Waals surface area contributed by atoms with Crippen molar-refractivity contribution in [1.82, 2.24) is 0 Å². The number of hydrogen-bond donors (Lipinski definition) is 3. The molecule has 2 amide bonds. The average molecular weight is 339 g/mol. The monoisotopic (exact) mass is 339 g/mol. The van der Waals surface area contributed by atoms with Gasteiger partial charge in [-0.05, 0) is 42.7 Å². The van der Waals surface area contributed by atoms with E-state index >= 15 is 0 Å². The predicted octanol–water partition coefficient (Wildman–Crippen LogP) is 3.26. The molecule has 0 saturated carbocycles. The number of benzene rings is 2. The van der Waals surface area contributed by atoms with E-state index in [2.05, 4.69) is 16.0 Å². The highest BCUT2D eigenvalue weighted by atomic mass is 16.5. The quantitative estimate of drug-likeness (QED) is 0.799. The zero-order valence-corrected chi connectivity index (χ0v) is 14.3. The molecule has 0 atom stereocenters. The average Bonchev–Trinajstić information content (AvgIpc) is 2.62. The molecule has 0 aromatic heterocycles. The molecule has 6 nitrogen and oxygen atoms in total. The lowest BCUT2D eigenvalue weighted by Crippen LogP contribution is -2.19. The van der Waals surface area contributed by atoms with Crippen molar-refractivity contribution in [1.29, 1.82) is 0 Å². The van der Waals surface area contributed by atoms with Gasteiger partial charge in [-0.3, -0.25) is 9.59 Å². The third-order valence-electron chi connectivity index (χ3n) is 4.11. The molecule has 1 aliphatic rings. The summed E-state index contributed by atoms with van der Waals surface area (Å²) in [5.41, 5.74) is 3.92. The van der Waals surface area contributed by atoms with Crippen LogP contribution in [0.2, 0.25) is 0 Å². The molecular formula is C19H21N3O3. The Bertz CT molecular complexity index is 818. The maximum atomic E-state index is 12.7. The third kappa shape index (κ3) is 3.74. The molecule has 130 valence electrons. The second kappa shape index (κ2) is 7.25. The van der Waals surface area contributed by atoms with Crippen molar-refractivity contribution in [2.45, 2.75) is 19.8 Å². The zero-order valence-electron chi connectivity index (χ0n) is 14.3. The fraction of sp³-hybridized carbons (Fsp3) is 0.263. The lowest BCUT2D eigenvalue weighted by atomic mass is 9.97. The van der Waals surface area contributed by atoms with Crippen LogP contribution < -0.4 is 20.7 Å². The van der Waals surface area contributed by atoms with Gasteiger partial charge in [0.15, 0.2) is 0 Å². The highest BCUT2D eigenvalue weighted by molar-refractivity contribution is 6.06. The van der Waals surface area contributed by atoms with Crippen LogP contribution in [-0.2, 0) is 11.2 Å². The second-order valence-electron chi connectivity index (χ2n) is 5.91. The van der Waals surface area contributed by atoms with Gasteiger partial charge in [-0.2, -0.15) is 0 Å². The van der Waals surface area contributed by atoms with E-state index in [-0.39, 0.29) is 11.8 Å². The number of fused-ring (bicyclic) bond motifs is 1. The number of amides is 2. The fourth-order valence-electron chi connectivity index (χ4n) is 2.98. The largest absolute Gasteiger partial charge is 0.494 e. The van der Waals surface area contributed by atoms with Gasteiger partial charge in [-0.15, -0.1) is 0 Å². The van der Waals surface area contributed by atoms with Crippen LogP contribution in [0.4, 0.5) is 17.1 Å². The summed E-state index contributed by atoms with van der Waals surface area (Å²) in [6.07, 6.45) is 1.90. The van der Waals surface area contributed by atoms with Crippen molar-refractivity contribution in [2.75, 3.05) is 29.6 Å². The molecule has 0 spiro atoms. The molecule has 2 aromatic rings. The predicted molar refractivity (Wildman–Crippen MR) is 98.5 cm³/mol. The number of nitrogens with one attached hydrogen (secondary N) is 3. The van der Waals surface area contributed by atoms with Crippen molar-refractivity contribution in [3.8, 4) is 5.75 Å². The minimum atomic E-state index is -0.182. The van der Waals surface area contributed by atoms with Gasteiger partial charge in [-0.25, -0.2) is 0 Å².